The molecule has 19 heteroatoms. The molecule has 2 atom stereocenters. The van der Waals surface area contributed by atoms with E-state index in [4.69, 9.17) is 14.2 Å². The number of hydrogen-bond acceptors (Lipinski definition) is 11. The van der Waals surface area contributed by atoms with E-state index in [1.54, 1.807) is 42.5 Å². The lowest BCUT2D eigenvalue weighted by molar-refractivity contribution is -0.149. The van der Waals surface area contributed by atoms with Crippen molar-refractivity contribution in [2.24, 2.45) is 0 Å². The van der Waals surface area contributed by atoms with Crippen LogP contribution in [0.15, 0.2) is 60.7 Å². The molecule has 4 aromatic rings. The lowest BCUT2D eigenvalue weighted by Crippen LogP contribution is -2.54. The summed E-state index contributed by atoms with van der Waals surface area (Å²) in [4.78, 5) is 94.0. The summed E-state index contributed by atoms with van der Waals surface area (Å²) in [6.07, 6.45) is 1.95. The number of aliphatic hydroxyl groups is 1. The van der Waals surface area contributed by atoms with Gasteiger partial charge in [0.1, 0.15) is 17.7 Å². The first-order valence-electron chi connectivity index (χ1n) is 20.3. The van der Waals surface area contributed by atoms with Crippen LogP contribution in [0, 0.1) is 11.6 Å². The molecule has 334 valence electrons. The number of nitrogens with one attached hydrogen (secondary N) is 3. The van der Waals surface area contributed by atoms with Crippen molar-refractivity contribution in [3.05, 3.63) is 100 Å². The molecule has 1 unspecified atom stereocenters. The van der Waals surface area contributed by atoms with Gasteiger partial charge in [-0.05, 0) is 85.3 Å². The molecule has 3 aliphatic heterocycles. The smallest absolute Gasteiger partial charge is 0.268 e. The highest BCUT2D eigenvalue weighted by atomic mass is 32.1. The number of hydrogen-bond donors (Lipinski definition) is 4. The zero-order valence-corrected chi connectivity index (χ0v) is 35.1. The summed E-state index contributed by atoms with van der Waals surface area (Å²) >= 11 is 0. The summed E-state index contributed by atoms with van der Waals surface area (Å²) in [6, 6.07) is 13.5. The Hall–Kier alpha value is -5.86. The van der Waals surface area contributed by atoms with E-state index in [1.165, 1.54) is 4.90 Å². The van der Waals surface area contributed by atoms with Crippen molar-refractivity contribution >= 4 is 71.3 Å². The number of aromatic amines is 1. The number of imide groups is 2. The number of carbonyl (C=O) groups excluding carboxylic acids is 7. The summed E-state index contributed by atoms with van der Waals surface area (Å²) < 4.78 is 43.9. The van der Waals surface area contributed by atoms with E-state index < -0.39 is 58.7 Å². The van der Waals surface area contributed by atoms with Crippen molar-refractivity contribution in [3.63, 3.8) is 0 Å². The van der Waals surface area contributed by atoms with Gasteiger partial charge in [-0.2, -0.15) is 13.5 Å². The van der Waals surface area contributed by atoms with E-state index in [2.05, 4.69) is 15.6 Å². The molecular weight excluding hydrogens is 845 g/mol. The molecule has 0 spiro atoms. The molecule has 2 saturated heterocycles. The fourth-order valence-corrected chi connectivity index (χ4v) is 7.71. The fourth-order valence-electron chi connectivity index (χ4n) is 7.71. The first kappa shape index (κ1) is 46.6. The number of H-pyrrole nitrogens is 1. The van der Waals surface area contributed by atoms with Crippen LogP contribution in [0.25, 0.3) is 10.9 Å². The molecule has 0 aliphatic carbocycles. The van der Waals surface area contributed by atoms with Crippen LogP contribution in [0.1, 0.15) is 80.9 Å². The molecule has 4 heterocycles. The van der Waals surface area contributed by atoms with Gasteiger partial charge in [-0.3, -0.25) is 43.8 Å². The molecule has 1 aromatic heterocycles. The first-order valence-corrected chi connectivity index (χ1v) is 20.3. The molecule has 0 bridgehead atoms. The van der Waals surface area contributed by atoms with Gasteiger partial charge in [0.2, 0.25) is 17.4 Å². The van der Waals surface area contributed by atoms with E-state index >= 15 is 0 Å². The van der Waals surface area contributed by atoms with Crippen LogP contribution in [0.4, 0.5) is 14.5 Å². The number of halogens is 2. The molecule has 3 aromatic carbocycles. The van der Waals surface area contributed by atoms with Gasteiger partial charge < -0.3 is 34.5 Å². The van der Waals surface area contributed by atoms with Gasteiger partial charge in [0.15, 0.2) is 5.78 Å². The predicted octanol–water partition coefficient (Wildman–Crippen LogP) is 3.39. The number of rotatable bonds is 20. The monoisotopic (exact) mass is 891 g/mol. The van der Waals surface area contributed by atoms with E-state index in [-0.39, 0.29) is 74.7 Å². The molecule has 6 amide bonds. The number of carbonyl (C=O) groups is 7. The van der Waals surface area contributed by atoms with Crippen molar-refractivity contribution in [1.82, 2.24) is 20.5 Å². The molecule has 16 nitrogen and oxygen atoms in total. The summed E-state index contributed by atoms with van der Waals surface area (Å²) in [5, 5.41) is 16.2. The van der Waals surface area contributed by atoms with Crippen molar-refractivity contribution in [1.29, 1.82) is 0 Å². The Balaban J connectivity index is 0.00000661. The zero-order valence-electron chi connectivity index (χ0n) is 34.1. The highest BCUT2D eigenvalue weighted by Gasteiger charge is 2.52. The molecule has 4 N–H and O–H groups in total. The minimum absolute atomic E-state index is 0. The number of nitrogens with zero attached hydrogens (tertiary/aromatic N) is 2. The third kappa shape index (κ3) is 10.7. The second-order valence-electron chi connectivity index (χ2n) is 15.3. The summed E-state index contributed by atoms with van der Waals surface area (Å²) in [7, 11) is 0. The summed E-state index contributed by atoms with van der Waals surface area (Å²) in [5.74, 6) is -5.73. The van der Waals surface area contributed by atoms with Crippen LogP contribution in [0.5, 0.6) is 0 Å². The Labute approximate surface area is 367 Å². The minimum Gasteiger partial charge on any atom is -0.379 e. The highest BCUT2D eigenvalue weighted by molar-refractivity contribution is 7.59. The fraction of sp³-hybridized carbons (Fsp3) is 0.386. The Morgan fingerprint density at radius 3 is 2.21 bits per heavy atom. The summed E-state index contributed by atoms with van der Waals surface area (Å²) in [6.45, 7) is 1.97. The Morgan fingerprint density at radius 2 is 1.49 bits per heavy atom. The maximum absolute atomic E-state index is 13.5. The number of aromatic nitrogens is 1. The number of fused-ring (bicyclic) bond motifs is 2. The zero-order chi connectivity index (χ0) is 44.0. The number of piperidine rings is 1. The van der Waals surface area contributed by atoms with Crippen LogP contribution < -0.4 is 15.5 Å². The molecule has 3 aliphatic rings. The Kier molecular flexibility index (Phi) is 15.2. The van der Waals surface area contributed by atoms with E-state index in [1.807, 2.05) is 0 Å². The number of aryl methyl sites for hydroxylation is 1. The average molecular weight is 892 g/mol. The van der Waals surface area contributed by atoms with Crippen molar-refractivity contribution < 1.29 is 61.7 Å². The van der Waals surface area contributed by atoms with Gasteiger partial charge in [0, 0.05) is 68.2 Å². The van der Waals surface area contributed by atoms with Crippen molar-refractivity contribution in [3.8, 4) is 0 Å². The molecule has 0 radical (unpaired) electrons. The minimum atomic E-state index is -2.36. The van der Waals surface area contributed by atoms with Gasteiger partial charge in [-0.25, -0.2) is 8.78 Å². The van der Waals surface area contributed by atoms with Crippen molar-refractivity contribution in [2.75, 3.05) is 51.1 Å². The number of ether oxygens (including phenoxy) is 3. The largest absolute Gasteiger partial charge is 0.379 e. The van der Waals surface area contributed by atoms with Crippen LogP contribution in [-0.4, -0.2) is 114 Å². The van der Waals surface area contributed by atoms with Gasteiger partial charge in [0.05, 0.1) is 43.2 Å². The maximum Gasteiger partial charge on any atom is 0.268 e. The van der Waals surface area contributed by atoms with Crippen LogP contribution in [0.2, 0.25) is 0 Å². The quantitative estimate of drug-likeness (QED) is 0.0437. The topological polar surface area (TPSA) is 214 Å². The number of anilines is 1. The average Bonchev–Trinajstić information content (AvgIpc) is 3.89. The third-order valence-corrected chi connectivity index (χ3v) is 11.0. The standard InChI is InChI=1S/C44H45F2N5O11.H2S/c45-29-19-27(20-30(46)24-29)25-47-42(57)44(59)11-12-50(43(44)58)31-6-8-34-28(22-31)23-35(48-34)37(52)4-2-14-61-16-18-62-17-15-60-13-1-3-26-5-7-32-33(21-26)41(56)51(40(32)55)36-9-10-38(53)49-39(36)54;/h5-8,19-24,36,48,59H,1-4,9-18,25H2,(H,47,57)(H,49,53,54);1H2/t36?,44-;/m0./s1. The Morgan fingerprint density at radius 1 is 0.810 bits per heavy atom. The van der Waals surface area contributed by atoms with Crippen LogP contribution >= 0.6 is 13.5 Å². The second kappa shape index (κ2) is 20.5. The number of benzene rings is 3. The SMILES string of the molecule is O=C1CCC(N2C(=O)c3ccc(CCCOCCOCCOCCCC(=O)c4cc5cc(N6CC[C@](O)(C(=O)NCc7cc(F)cc(F)c7)C6=O)ccc5[nH]4)cc3C2=O)C(=O)N1.S. The molecule has 63 heavy (non-hydrogen) atoms. The first-order chi connectivity index (χ1) is 29.8. The molecular formula is C44H47F2N5O11S. The van der Waals surface area contributed by atoms with Crippen LogP contribution in [0.3, 0.4) is 0 Å². The number of amides is 6. The summed E-state index contributed by atoms with van der Waals surface area (Å²) in [5.41, 5.74) is 0.583. The molecule has 2 fully saturated rings. The second-order valence-corrected chi connectivity index (χ2v) is 15.3. The lowest BCUT2D eigenvalue weighted by atomic mass is 10.0. The van der Waals surface area contributed by atoms with E-state index in [0.717, 1.165) is 22.6 Å². The van der Waals surface area contributed by atoms with Crippen molar-refractivity contribution in [2.45, 2.75) is 63.1 Å². The lowest BCUT2D eigenvalue weighted by Gasteiger charge is -2.27. The van der Waals surface area contributed by atoms with Gasteiger partial charge in [-0.1, -0.05) is 6.07 Å². The van der Waals surface area contributed by atoms with E-state index in [0.29, 0.717) is 87.3 Å². The van der Waals surface area contributed by atoms with Gasteiger partial charge >= 0.3 is 0 Å². The number of ketones is 1. The maximum atomic E-state index is 13.5. The molecule has 7 rings (SSSR count). The number of Topliss-reactive ketones (excluding diaryl/α,β-unsaturated/α-hetero) is 1. The van der Waals surface area contributed by atoms with Gasteiger partial charge in [-0.15, -0.1) is 0 Å². The Bertz CT molecular complexity index is 2410. The third-order valence-electron chi connectivity index (χ3n) is 11.0. The predicted molar refractivity (Wildman–Crippen MR) is 226 cm³/mol. The molecule has 0 saturated carbocycles. The van der Waals surface area contributed by atoms with E-state index in [9.17, 15) is 47.4 Å². The highest BCUT2D eigenvalue weighted by Crippen LogP contribution is 2.32. The normalized spacial score (nSPS) is 18.5. The van der Waals surface area contributed by atoms with Gasteiger partial charge in [0.25, 0.3) is 23.6 Å². The van der Waals surface area contributed by atoms with Crippen LogP contribution in [-0.2, 0) is 46.4 Å².